The molecule has 0 N–H and O–H groups in total. The molecule has 1 aliphatic carbocycles. The van der Waals surface area contributed by atoms with Crippen LogP contribution in [0, 0.1) is 11.8 Å². The van der Waals surface area contributed by atoms with E-state index in [4.69, 9.17) is 11.6 Å². The van der Waals surface area contributed by atoms with Gasteiger partial charge in [-0.25, -0.2) is 0 Å². The zero-order chi connectivity index (χ0) is 11.8. The maximum Gasteiger partial charge on any atom is 0.0375 e. The minimum absolute atomic E-state index is 0.229. The third-order valence-electron chi connectivity index (χ3n) is 4.23. The van der Waals surface area contributed by atoms with Gasteiger partial charge in [-0.15, -0.1) is 11.6 Å². The minimum atomic E-state index is 0.229. The van der Waals surface area contributed by atoms with Crippen LogP contribution in [-0.2, 0) is 5.41 Å². The lowest BCUT2D eigenvalue weighted by molar-refractivity contribution is 0.208. The van der Waals surface area contributed by atoms with Crippen LogP contribution in [-0.4, -0.2) is 5.38 Å². The second-order valence-corrected chi connectivity index (χ2v) is 7.12. The van der Waals surface area contributed by atoms with Gasteiger partial charge in [0.1, 0.15) is 0 Å². The summed E-state index contributed by atoms with van der Waals surface area (Å²) in [6, 6.07) is 2.26. The van der Waals surface area contributed by atoms with E-state index in [0.29, 0.717) is 11.3 Å². The SMILES string of the molecule is CC1CCC(C(C)(C)c2ccsc2)C(Cl)C1. The maximum absolute atomic E-state index is 6.58. The van der Waals surface area contributed by atoms with Crippen LogP contribution in [0.1, 0.15) is 45.6 Å². The van der Waals surface area contributed by atoms with Crippen LogP contribution in [0.2, 0.25) is 0 Å². The topological polar surface area (TPSA) is 0 Å². The Kier molecular flexibility index (Phi) is 3.65. The van der Waals surface area contributed by atoms with Crippen molar-refractivity contribution in [3.63, 3.8) is 0 Å². The van der Waals surface area contributed by atoms with Crippen LogP contribution in [0.25, 0.3) is 0 Å². The molecule has 1 aromatic heterocycles. The predicted molar refractivity (Wildman–Crippen MR) is 73.5 cm³/mol. The molecule has 1 saturated carbocycles. The van der Waals surface area contributed by atoms with Crippen molar-refractivity contribution in [2.75, 3.05) is 0 Å². The molecule has 0 bridgehead atoms. The molecule has 1 aromatic rings. The molecule has 0 spiro atoms. The normalized spacial score (nSPS) is 31.6. The summed E-state index contributed by atoms with van der Waals surface area (Å²) in [5, 5.41) is 4.80. The van der Waals surface area contributed by atoms with Gasteiger partial charge >= 0.3 is 0 Å². The Balaban J connectivity index is 2.17. The highest BCUT2D eigenvalue weighted by atomic mass is 35.5. The van der Waals surface area contributed by atoms with Crippen LogP contribution in [0.3, 0.4) is 0 Å². The van der Waals surface area contributed by atoms with Gasteiger partial charge in [0.15, 0.2) is 0 Å². The molecule has 0 amide bonds. The van der Waals surface area contributed by atoms with E-state index < -0.39 is 0 Å². The number of thiophene rings is 1. The standard InChI is InChI=1S/C14H21ClS/c1-10-4-5-12(13(15)8-10)14(2,3)11-6-7-16-9-11/h6-7,9-10,12-13H,4-5,8H2,1-3H3. The fourth-order valence-corrected chi connectivity index (χ4v) is 4.55. The summed E-state index contributed by atoms with van der Waals surface area (Å²) in [7, 11) is 0. The Hall–Kier alpha value is -0.0100. The van der Waals surface area contributed by atoms with Crippen molar-refractivity contribution in [2.45, 2.75) is 50.8 Å². The van der Waals surface area contributed by atoms with Crippen molar-refractivity contribution in [3.8, 4) is 0 Å². The Morgan fingerprint density at radius 1 is 1.38 bits per heavy atom. The number of alkyl halides is 1. The highest BCUT2D eigenvalue weighted by molar-refractivity contribution is 7.08. The zero-order valence-corrected chi connectivity index (χ0v) is 11.9. The fraction of sp³-hybridized carbons (Fsp3) is 0.714. The zero-order valence-electron chi connectivity index (χ0n) is 10.4. The number of halogens is 1. The molecule has 3 unspecified atom stereocenters. The van der Waals surface area contributed by atoms with E-state index >= 15 is 0 Å². The smallest absolute Gasteiger partial charge is 0.0375 e. The molecule has 0 aromatic carbocycles. The first-order chi connectivity index (χ1) is 7.51. The first-order valence-corrected chi connectivity index (χ1v) is 7.56. The molecule has 1 heterocycles. The quantitative estimate of drug-likeness (QED) is 0.648. The van der Waals surface area contributed by atoms with Gasteiger partial charge in [0.25, 0.3) is 0 Å². The Morgan fingerprint density at radius 3 is 2.69 bits per heavy atom. The van der Waals surface area contributed by atoms with Crippen LogP contribution < -0.4 is 0 Å². The van der Waals surface area contributed by atoms with E-state index in [1.54, 1.807) is 11.3 Å². The third kappa shape index (κ3) is 2.31. The summed E-state index contributed by atoms with van der Waals surface area (Å²) in [6.45, 7) is 7.03. The van der Waals surface area contributed by atoms with Crippen molar-refractivity contribution >= 4 is 22.9 Å². The van der Waals surface area contributed by atoms with Crippen molar-refractivity contribution in [3.05, 3.63) is 22.4 Å². The van der Waals surface area contributed by atoms with E-state index in [1.165, 1.54) is 24.8 Å². The molecule has 1 aliphatic rings. The van der Waals surface area contributed by atoms with E-state index in [2.05, 4.69) is 37.6 Å². The summed E-state index contributed by atoms with van der Waals surface area (Å²) in [4.78, 5) is 0. The van der Waals surface area contributed by atoms with Gasteiger partial charge in [-0.05, 0) is 52.5 Å². The lowest BCUT2D eigenvalue weighted by Gasteiger charge is -2.41. The highest BCUT2D eigenvalue weighted by Gasteiger charge is 2.39. The van der Waals surface area contributed by atoms with Gasteiger partial charge in [-0.3, -0.25) is 0 Å². The largest absolute Gasteiger partial charge is 0.152 e. The lowest BCUT2D eigenvalue weighted by Crippen LogP contribution is -2.38. The van der Waals surface area contributed by atoms with Crippen LogP contribution >= 0.6 is 22.9 Å². The minimum Gasteiger partial charge on any atom is -0.152 e. The second kappa shape index (κ2) is 4.70. The van der Waals surface area contributed by atoms with Gasteiger partial charge in [-0.1, -0.05) is 27.2 Å². The van der Waals surface area contributed by atoms with Gasteiger partial charge < -0.3 is 0 Å². The molecule has 90 valence electrons. The second-order valence-electron chi connectivity index (χ2n) is 5.77. The molecule has 3 atom stereocenters. The number of hydrogen-bond donors (Lipinski definition) is 0. The predicted octanol–water partition coefficient (Wildman–Crippen LogP) is 5.07. The van der Waals surface area contributed by atoms with Crippen LogP contribution in [0.5, 0.6) is 0 Å². The van der Waals surface area contributed by atoms with Crippen LogP contribution in [0.15, 0.2) is 16.8 Å². The van der Waals surface area contributed by atoms with Crippen molar-refractivity contribution in [1.82, 2.24) is 0 Å². The molecule has 0 aliphatic heterocycles. The first-order valence-electron chi connectivity index (χ1n) is 6.18. The average Bonchev–Trinajstić information content (AvgIpc) is 2.69. The lowest BCUT2D eigenvalue weighted by atomic mass is 9.66. The molecule has 16 heavy (non-hydrogen) atoms. The fourth-order valence-electron chi connectivity index (χ4n) is 2.97. The molecule has 0 nitrogen and oxygen atoms in total. The van der Waals surface area contributed by atoms with Gasteiger partial charge in [0.2, 0.25) is 0 Å². The van der Waals surface area contributed by atoms with Crippen molar-refractivity contribution in [2.24, 2.45) is 11.8 Å². The Labute approximate surface area is 108 Å². The van der Waals surface area contributed by atoms with E-state index in [9.17, 15) is 0 Å². The maximum atomic E-state index is 6.58. The van der Waals surface area contributed by atoms with Gasteiger partial charge in [-0.2, -0.15) is 11.3 Å². The monoisotopic (exact) mass is 256 g/mol. The molecule has 1 fully saturated rings. The Bertz CT molecular complexity index is 329. The Morgan fingerprint density at radius 2 is 2.12 bits per heavy atom. The average molecular weight is 257 g/mol. The summed E-state index contributed by atoms with van der Waals surface area (Å²) in [5.74, 6) is 1.43. The molecule has 2 heteroatoms. The number of rotatable bonds is 2. The molecular formula is C14H21ClS. The number of hydrogen-bond acceptors (Lipinski definition) is 1. The highest BCUT2D eigenvalue weighted by Crippen LogP contribution is 2.44. The van der Waals surface area contributed by atoms with Crippen molar-refractivity contribution < 1.29 is 0 Å². The van der Waals surface area contributed by atoms with E-state index in [1.807, 2.05) is 0 Å². The van der Waals surface area contributed by atoms with Crippen LogP contribution in [0.4, 0.5) is 0 Å². The van der Waals surface area contributed by atoms with Gasteiger partial charge in [0.05, 0.1) is 0 Å². The summed E-state index contributed by atoms with van der Waals surface area (Å²) < 4.78 is 0. The first kappa shape index (κ1) is 12.4. The van der Waals surface area contributed by atoms with Crippen molar-refractivity contribution in [1.29, 1.82) is 0 Å². The summed E-state index contributed by atoms with van der Waals surface area (Å²) in [5.41, 5.74) is 1.69. The molecule has 2 rings (SSSR count). The molecule has 0 saturated heterocycles. The summed E-state index contributed by atoms with van der Waals surface area (Å²) >= 11 is 8.37. The molecule has 0 radical (unpaired) electrons. The summed E-state index contributed by atoms with van der Waals surface area (Å²) in [6.07, 6.45) is 3.79. The van der Waals surface area contributed by atoms with E-state index in [-0.39, 0.29) is 5.41 Å². The van der Waals surface area contributed by atoms with Gasteiger partial charge in [0, 0.05) is 5.38 Å². The molecular weight excluding hydrogens is 236 g/mol. The third-order valence-corrected chi connectivity index (χ3v) is 5.39. The van der Waals surface area contributed by atoms with E-state index in [0.717, 1.165) is 5.92 Å².